The zero-order valence-corrected chi connectivity index (χ0v) is 15.1. The van der Waals surface area contributed by atoms with Gasteiger partial charge in [-0.2, -0.15) is 5.26 Å². The minimum absolute atomic E-state index is 0.0215. The Balaban J connectivity index is 1.99. The van der Waals surface area contributed by atoms with Crippen LogP contribution in [0.3, 0.4) is 0 Å². The van der Waals surface area contributed by atoms with Crippen LogP contribution in [0.5, 0.6) is 11.5 Å². The molecule has 0 saturated carbocycles. The van der Waals surface area contributed by atoms with Crippen molar-refractivity contribution in [3.05, 3.63) is 18.2 Å². The Hall–Kier alpha value is -2.26. The van der Waals surface area contributed by atoms with Gasteiger partial charge in [-0.05, 0) is 45.4 Å². The molecule has 6 nitrogen and oxygen atoms in total. The van der Waals surface area contributed by atoms with Gasteiger partial charge in [0.05, 0.1) is 25.2 Å². The van der Waals surface area contributed by atoms with Crippen molar-refractivity contribution >= 4 is 11.6 Å². The number of ether oxygens (including phenoxy) is 2. The van der Waals surface area contributed by atoms with E-state index in [1.807, 2.05) is 32.0 Å². The number of hydrogen-bond donors (Lipinski definition) is 1. The first-order valence-electron chi connectivity index (χ1n) is 8.97. The van der Waals surface area contributed by atoms with Crippen LogP contribution in [0.15, 0.2) is 18.2 Å². The third-order valence-electron chi connectivity index (χ3n) is 4.23. The van der Waals surface area contributed by atoms with E-state index in [1.165, 1.54) is 0 Å². The van der Waals surface area contributed by atoms with Gasteiger partial charge in [-0.25, -0.2) is 0 Å². The molecule has 1 aromatic carbocycles. The van der Waals surface area contributed by atoms with Crippen molar-refractivity contribution in [3.63, 3.8) is 0 Å². The molecule has 1 aliphatic heterocycles. The Bertz CT molecular complexity index is 612. The monoisotopic (exact) mass is 345 g/mol. The van der Waals surface area contributed by atoms with Crippen molar-refractivity contribution in [2.75, 3.05) is 38.2 Å². The van der Waals surface area contributed by atoms with Gasteiger partial charge in [0.25, 0.3) is 0 Å². The molecular formula is C19H27N3O3. The molecule has 0 radical (unpaired) electrons. The van der Waals surface area contributed by atoms with Gasteiger partial charge in [-0.15, -0.1) is 0 Å². The maximum absolute atomic E-state index is 12.6. The number of hydrogen-bond acceptors (Lipinski definition) is 5. The average molecular weight is 345 g/mol. The highest BCUT2D eigenvalue weighted by Gasteiger charge is 2.25. The van der Waals surface area contributed by atoms with Crippen LogP contribution in [0.1, 0.15) is 33.1 Å². The Morgan fingerprint density at radius 2 is 2.08 bits per heavy atom. The third kappa shape index (κ3) is 5.64. The fourth-order valence-electron chi connectivity index (χ4n) is 3.05. The lowest BCUT2D eigenvalue weighted by molar-refractivity contribution is -0.121. The Morgan fingerprint density at radius 3 is 2.80 bits per heavy atom. The largest absolute Gasteiger partial charge is 0.490 e. The molecule has 6 heteroatoms. The van der Waals surface area contributed by atoms with Crippen LogP contribution in [0, 0.1) is 17.2 Å². The number of nitriles is 1. The fourth-order valence-corrected chi connectivity index (χ4v) is 3.05. The van der Waals surface area contributed by atoms with E-state index in [2.05, 4.69) is 16.3 Å². The van der Waals surface area contributed by atoms with Crippen LogP contribution in [0.4, 0.5) is 5.69 Å². The summed E-state index contributed by atoms with van der Waals surface area (Å²) in [6, 6.07) is 7.63. The second-order valence-electron chi connectivity index (χ2n) is 6.06. The van der Waals surface area contributed by atoms with Crippen LogP contribution in [-0.2, 0) is 4.79 Å². The Kier molecular flexibility index (Phi) is 7.55. The molecular weight excluding hydrogens is 318 g/mol. The predicted octanol–water partition coefficient (Wildman–Crippen LogP) is 3.05. The maximum atomic E-state index is 12.6. The normalized spacial score (nSPS) is 17.6. The lowest BCUT2D eigenvalue weighted by Gasteiger charge is -2.31. The first kappa shape index (κ1) is 19.1. The summed E-state index contributed by atoms with van der Waals surface area (Å²) in [5, 5.41) is 11.7. The molecule has 1 fully saturated rings. The summed E-state index contributed by atoms with van der Waals surface area (Å²) in [4.78, 5) is 14.8. The number of rotatable bonds is 8. The van der Waals surface area contributed by atoms with E-state index in [4.69, 9.17) is 14.7 Å². The first-order chi connectivity index (χ1) is 12.2. The number of likely N-dealkylation sites (tertiary alicyclic amines) is 1. The molecule has 1 aliphatic rings. The summed E-state index contributed by atoms with van der Waals surface area (Å²) in [5.41, 5.74) is 0.714. The molecule has 1 unspecified atom stereocenters. The lowest BCUT2D eigenvalue weighted by Crippen LogP contribution is -2.41. The summed E-state index contributed by atoms with van der Waals surface area (Å²) in [7, 11) is 0. The summed E-state index contributed by atoms with van der Waals surface area (Å²) in [6.07, 6.45) is 2.37. The van der Waals surface area contributed by atoms with Crippen LogP contribution >= 0.6 is 0 Å². The Morgan fingerprint density at radius 1 is 1.32 bits per heavy atom. The van der Waals surface area contributed by atoms with E-state index in [1.54, 1.807) is 0 Å². The van der Waals surface area contributed by atoms with E-state index in [-0.39, 0.29) is 11.8 Å². The van der Waals surface area contributed by atoms with Crippen molar-refractivity contribution < 1.29 is 14.3 Å². The standard InChI is InChI=1S/C19H27N3O3/c1-3-24-17-9-8-16(13-18(17)25-4-2)21-19(23)15-7-5-11-22(14-15)12-6-10-20/h8-9,13,15H,3-7,11-12,14H2,1-2H3,(H,21,23). The second kappa shape index (κ2) is 9.90. The van der Waals surface area contributed by atoms with Gasteiger partial charge in [0.1, 0.15) is 0 Å². The minimum Gasteiger partial charge on any atom is -0.490 e. The van der Waals surface area contributed by atoms with Crippen LogP contribution in [0.2, 0.25) is 0 Å². The van der Waals surface area contributed by atoms with E-state index >= 15 is 0 Å². The lowest BCUT2D eigenvalue weighted by atomic mass is 9.97. The molecule has 1 heterocycles. The molecule has 1 saturated heterocycles. The van der Waals surface area contributed by atoms with Crippen LogP contribution in [0.25, 0.3) is 0 Å². The summed E-state index contributed by atoms with van der Waals surface area (Å²) in [6.45, 7) is 7.34. The van der Waals surface area contributed by atoms with Gasteiger partial charge in [0.15, 0.2) is 11.5 Å². The molecule has 1 amide bonds. The van der Waals surface area contributed by atoms with Crippen molar-refractivity contribution in [1.29, 1.82) is 5.26 Å². The number of amides is 1. The number of benzene rings is 1. The quantitative estimate of drug-likeness (QED) is 0.784. The molecule has 1 atom stereocenters. The third-order valence-corrected chi connectivity index (χ3v) is 4.23. The van der Waals surface area contributed by atoms with Gasteiger partial charge >= 0.3 is 0 Å². The highest BCUT2D eigenvalue weighted by atomic mass is 16.5. The summed E-state index contributed by atoms with van der Waals surface area (Å²) >= 11 is 0. The molecule has 2 rings (SSSR count). The van der Waals surface area contributed by atoms with Crippen molar-refractivity contribution in [1.82, 2.24) is 4.90 Å². The highest BCUT2D eigenvalue weighted by molar-refractivity contribution is 5.93. The topological polar surface area (TPSA) is 74.6 Å². The number of carbonyl (C=O) groups is 1. The number of piperidine rings is 1. The molecule has 0 aliphatic carbocycles. The molecule has 0 spiro atoms. The van der Waals surface area contributed by atoms with Gasteiger partial charge in [-0.1, -0.05) is 0 Å². The van der Waals surface area contributed by atoms with E-state index < -0.39 is 0 Å². The van der Waals surface area contributed by atoms with Crippen molar-refractivity contribution in [2.45, 2.75) is 33.1 Å². The molecule has 1 N–H and O–H groups in total. The summed E-state index contributed by atoms with van der Waals surface area (Å²) in [5.74, 6) is 1.30. The molecule has 25 heavy (non-hydrogen) atoms. The molecule has 0 aromatic heterocycles. The van der Waals surface area contributed by atoms with Crippen molar-refractivity contribution in [2.24, 2.45) is 5.92 Å². The zero-order valence-electron chi connectivity index (χ0n) is 15.1. The summed E-state index contributed by atoms with van der Waals surface area (Å²) < 4.78 is 11.2. The first-order valence-corrected chi connectivity index (χ1v) is 8.97. The average Bonchev–Trinajstić information content (AvgIpc) is 2.62. The maximum Gasteiger partial charge on any atom is 0.228 e. The van der Waals surface area contributed by atoms with E-state index in [0.717, 1.165) is 25.9 Å². The molecule has 136 valence electrons. The molecule has 0 bridgehead atoms. The van der Waals surface area contributed by atoms with E-state index in [9.17, 15) is 4.79 Å². The van der Waals surface area contributed by atoms with Crippen molar-refractivity contribution in [3.8, 4) is 17.6 Å². The van der Waals surface area contributed by atoms with Gasteiger partial charge in [0, 0.05) is 31.3 Å². The fraction of sp³-hybridized carbons (Fsp3) is 0.579. The van der Waals surface area contributed by atoms with Gasteiger partial charge < -0.3 is 19.7 Å². The zero-order chi connectivity index (χ0) is 18.1. The SMILES string of the molecule is CCOc1ccc(NC(=O)C2CCCN(CCC#N)C2)cc1OCC. The molecule has 1 aromatic rings. The van der Waals surface area contributed by atoms with Gasteiger partial charge in [-0.3, -0.25) is 4.79 Å². The Labute approximate surface area is 149 Å². The smallest absolute Gasteiger partial charge is 0.228 e. The van der Waals surface area contributed by atoms with E-state index in [0.29, 0.717) is 43.4 Å². The predicted molar refractivity (Wildman–Crippen MR) is 96.8 cm³/mol. The highest BCUT2D eigenvalue weighted by Crippen LogP contribution is 2.31. The number of nitrogens with one attached hydrogen (secondary N) is 1. The second-order valence-corrected chi connectivity index (χ2v) is 6.06. The van der Waals surface area contributed by atoms with Crippen LogP contribution in [-0.4, -0.2) is 43.7 Å². The minimum atomic E-state index is -0.0467. The number of nitrogens with zero attached hydrogens (tertiary/aromatic N) is 2. The number of anilines is 1. The van der Waals surface area contributed by atoms with Gasteiger partial charge in [0.2, 0.25) is 5.91 Å². The number of carbonyl (C=O) groups excluding carboxylic acids is 1. The van der Waals surface area contributed by atoms with Crippen LogP contribution < -0.4 is 14.8 Å².